The largest absolute Gasteiger partial charge is 0.484 e. The van der Waals surface area contributed by atoms with E-state index in [1.165, 1.54) is 6.21 Å². The third kappa shape index (κ3) is 4.54. The summed E-state index contributed by atoms with van der Waals surface area (Å²) in [5.74, 6) is 0.146. The number of hydrogen-bond acceptors (Lipinski definition) is 4. The molecule has 0 saturated carbocycles. The Labute approximate surface area is 151 Å². The molecule has 0 fully saturated rings. The van der Waals surface area contributed by atoms with Crippen LogP contribution in [0.1, 0.15) is 5.56 Å². The Morgan fingerprint density at radius 3 is 2.88 bits per heavy atom. The number of nitrogens with one attached hydrogen (secondary N) is 2. The Morgan fingerprint density at radius 2 is 2.04 bits per heavy atom. The van der Waals surface area contributed by atoms with Gasteiger partial charge in [0, 0.05) is 9.99 Å². The lowest BCUT2D eigenvalue weighted by atomic mass is 10.2. The van der Waals surface area contributed by atoms with Crippen LogP contribution in [-0.2, 0) is 4.79 Å². The number of carbonyl (C=O) groups excluding carboxylic acids is 1. The van der Waals surface area contributed by atoms with E-state index in [0.717, 1.165) is 15.4 Å². The van der Waals surface area contributed by atoms with Crippen LogP contribution in [0.3, 0.4) is 0 Å². The van der Waals surface area contributed by atoms with E-state index in [2.05, 4.69) is 31.4 Å². The van der Waals surface area contributed by atoms with E-state index in [0.29, 0.717) is 11.3 Å². The second kappa shape index (κ2) is 7.76. The molecule has 0 bridgehead atoms. The standard InChI is InChI=1S/C18H14BrN3O3/c19-14-5-3-6-15(9-14)25-11-17(23)22-20-10-13-8-12-4-1-2-7-16(12)21-18(13)24/h1-10H,11H2,(H,21,24)(H,22,23)/b20-10+. The fourth-order valence-electron chi connectivity index (χ4n) is 2.17. The molecule has 0 spiro atoms. The zero-order valence-corrected chi connectivity index (χ0v) is 14.6. The lowest BCUT2D eigenvalue weighted by Crippen LogP contribution is -2.25. The summed E-state index contributed by atoms with van der Waals surface area (Å²) in [6, 6.07) is 16.3. The smallest absolute Gasteiger partial charge is 0.277 e. The maximum atomic E-state index is 12.0. The molecule has 0 aliphatic heterocycles. The minimum absolute atomic E-state index is 0.179. The molecular formula is C18H14BrN3O3. The van der Waals surface area contributed by atoms with Crippen molar-refractivity contribution in [2.45, 2.75) is 0 Å². The van der Waals surface area contributed by atoms with Crippen molar-refractivity contribution in [3.05, 3.63) is 75.0 Å². The molecule has 0 unspecified atom stereocenters. The number of halogens is 1. The first kappa shape index (κ1) is 16.9. The first-order chi connectivity index (χ1) is 12.1. The van der Waals surface area contributed by atoms with Gasteiger partial charge in [-0.25, -0.2) is 5.43 Å². The number of ether oxygens (including phenoxy) is 1. The first-order valence-electron chi connectivity index (χ1n) is 7.44. The van der Waals surface area contributed by atoms with E-state index in [9.17, 15) is 9.59 Å². The van der Waals surface area contributed by atoms with Crippen molar-refractivity contribution < 1.29 is 9.53 Å². The number of carbonyl (C=O) groups is 1. The number of hydrogen-bond donors (Lipinski definition) is 2. The molecule has 0 radical (unpaired) electrons. The number of aromatic nitrogens is 1. The van der Waals surface area contributed by atoms with E-state index in [-0.39, 0.29) is 12.2 Å². The number of benzene rings is 2. The van der Waals surface area contributed by atoms with Gasteiger partial charge in [-0.2, -0.15) is 5.10 Å². The van der Waals surface area contributed by atoms with E-state index in [1.54, 1.807) is 18.2 Å². The molecule has 1 aromatic heterocycles. The molecule has 1 amide bonds. The molecule has 1 heterocycles. The van der Waals surface area contributed by atoms with Gasteiger partial charge in [-0.05, 0) is 35.7 Å². The third-order valence-electron chi connectivity index (χ3n) is 3.34. The van der Waals surface area contributed by atoms with Crippen LogP contribution in [0, 0.1) is 0 Å². The Balaban J connectivity index is 1.60. The summed E-state index contributed by atoms with van der Waals surface area (Å²) in [5.41, 5.74) is 3.16. The fourth-order valence-corrected chi connectivity index (χ4v) is 2.55. The van der Waals surface area contributed by atoms with Crippen LogP contribution in [0.15, 0.2) is 69.0 Å². The number of pyridine rings is 1. The van der Waals surface area contributed by atoms with Crippen LogP contribution in [0.2, 0.25) is 0 Å². The first-order valence-corrected chi connectivity index (χ1v) is 8.23. The van der Waals surface area contributed by atoms with Gasteiger partial charge >= 0.3 is 0 Å². The summed E-state index contributed by atoms with van der Waals surface area (Å²) >= 11 is 3.32. The molecule has 25 heavy (non-hydrogen) atoms. The second-order valence-corrected chi connectivity index (χ2v) is 6.10. The zero-order valence-electron chi connectivity index (χ0n) is 13.0. The number of hydrazone groups is 1. The van der Waals surface area contributed by atoms with Gasteiger partial charge in [-0.15, -0.1) is 0 Å². The summed E-state index contributed by atoms with van der Waals surface area (Å²) in [5, 5.41) is 4.69. The molecule has 6 nitrogen and oxygen atoms in total. The average molecular weight is 400 g/mol. The van der Waals surface area contributed by atoms with Crippen LogP contribution >= 0.6 is 15.9 Å². The van der Waals surface area contributed by atoms with Crippen molar-refractivity contribution in [1.29, 1.82) is 0 Å². The molecule has 3 aromatic rings. The predicted octanol–water partition coefficient (Wildman–Crippen LogP) is 2.82. The maximum absolute atomic E-state index is 12.0. The highest BCUT2D eigenvalue weighted by molar-refractivity contribution is 9.10. The summed E-state index contributed by atoms with van der Waals surface area (Å²) in [7, 11) is 0. The molecule has 3 rings (SSSR count). The minimum atomic E-state index is -0.423. The van der Waals surface area contributed by atoms with E-state index in [1.807, 2.05) is 36.4 Å². The van der Waals surface area contributed by atoms with Gasteiger partial charge in [0.05, 0.1) is 11.8 Å². The number of amides is 1. The van der Waals surface area contributed by atoms with Crippen LogP contribution in [0.4, 0.5) is 0 Å². The number of nitrogens with zero attached hydrogens (tertiary/aromatic N) is 1. The van der Waals surface area contributed by atoms with Crippen LogP contribution in [-0.4, -0.2) is 23.7 Å². The molecule has 0 aliphatic carbocycles. The molecule has 0 atom stereocenters. The maximum Gasteiger partial charge on any atom is 0.277 e. The molecule has 7 heteroatoms. The fraction of sp³-hybridized carbons (Fsp3) is 0.0556. The van der Waals surface area contributed by atoms with Gasteiger partial charge in [0.2, 0.25) is 0 Å². The van der Waals surface area contributed by atoms with Gasteiger partial charge in [-0.1, -0.05) is 40.2 Å². The Morgan fingerprint density at radius 1 is 1.20 bits per heavy atom. The van der Waals surface area contributed by atoms with Crippen LogP contribution in [0.25, 0.3) is 10.9 Å². The lowest BCUT2D eigenvalue weighted by Gasteiger charge is -2.05. The lowest BCUT2D eigenvalue weighted by molar-refractivity contribution is -0.123. The number of fused-ring (bicyclic) bond motifs is 1. The second-order valence-electron chi connectivity index (χ2n) is 5.18. The Kier molecular flexibility index (Phi) is 5.25. The van der Waals surface area contributed by atoms with Gasteiger partial charge in [0.15, 0.2) is 6.61 Å². The van der Waals surface area contributed by atoms with E-state index in [4.69, 9.17) is 4.74 Å². The summed E-state index contributed by atoms with van der Waals surface area (Å²) in [6.45, 7) is -0.179. The van der Waals surface area contributed by atoms with Crippen molar-refractivity contribution >= 4 is 39.0 Å². The van der Waals surface area contributed by atoms with Crippen molar-refractivity contribution in [1.82, 2.24) is 10.4 Å². The third-order valence-corrected chi connectivity index (χ3v) is 3.83. The van der Waals surface area contributed by atoms with Gasteiger partial charge < -0.3 is 9.72 Å². The highest BCUT2D eigenvalue weighted by Gasteiger charge is 2.03. The van der Waals surface area contributed by atoms with E-state index < -0.39 is 5.91 Å². The number of rotatable bonds is 5. The average Bonchev–Trinajstić information content (AvgIpc) is 2.60. The highest BCUT2D eigenvalue weighted by atomic mass is 79.9. The Bertz CT molecular complexity index is 998. The van der Waals surface area contributed by atoms with Crippen molar-refractivity contribution in [3.8, 4) is 5.75 Å². The quantitative estimate of drug-likeness (QED) is 0.510. The molecular weight excluding hydrogens is 386 g/mol. The van der Waals surface area contributed by atoms with Crippen LogP contribution < -0.4 is 15.7 Å². The summed E-state index contributed by atoms with van der Waals surface area (Å²) < 4.78 is 6.21. The van der Waals surface area contributed by atoms with Crippen molar-refractivity contribution in [2.75, 3.05) is 6.61 Å². The zero-order chi connectivity index (χ0) is 17.6. The normalized spacial score (nSPS) is 10.9. The van der Waals surface area contributed by atoms with Gasteiger partial charge in [0.25, 0.3) is 11.5 Å². The van der Waals surface area contributed by atoms with Crippen molar-refractivity contribution in [3.63, 3.8) is 0 Å². The molecule has 0 aliphatic rings. The van der Waals surface area contributed by atoms with Crippen LogP contribution in [0.5, 0.6) is 5.75 Å². The molecule has 126 valence electrons. The molecule has 2 N–H and O–H groups in total. The minimum Gasteiger partial charge on any atom is -0.484 e. The number of aromatic amines is 1. The summed E-state index contributed by atoms with van der Waals surface area (Å²) in [4.78, 5) is 26.5. The predicted molar refractivity (Wildman–Crippen MR) is 99.9 cm³/mol. The van der Waals surface area contributed by atoms with E-state index >= 15 is 0 Å². The van der Waals surface area contributed by atoms with Gasteiger partial charge in [-0.3, -0.25) is 9.59 Å². The SMILES string of the molecule is O=C(COc1cccc(Br)c1)N/N=C/c1cc2ccccc2[nH]c1=O. The molecule has 2 aromatic carbocycles. The molecule has 0 saturated heterocycles. The highest BCUT2D eigenvalue weighted by Crippen LogP contribution is 2.17. The monoisotopic (exact) mass is 399 g/mol. The van der Waals surface area contributed by atoms with Gasteiger partial charge in [0.1, 0.15) is 5.75 Å². The topological polar surface area (TPSA) is 83.5 Å². The van der Waals surface area contributed by atoms with Crippen molar-refractivity contribution in [2.24, 2.45) is 5.10 Å². The Hall–Kier alpha value is -2.93. The number of H-pyrrole nitrogens is 1. The summed E-state index contributed by atoms with van der Waals surface area (Å²) in [6.07, 6.45) is 1.31. The number of para-hydroxylation sites is 1.